The molecule has 0 unspecified atom stereocenters. The summed E-state index contributed by atoms with van der Waals surface area (Å²) in [5.74, 6) is 0. The molecular weight excluding hydrogens is 412 g/mol. The minimum absolute atomic E-state index is 0.118. The first-order valence-corrected chi connectivity index (χ1v) is 12.2. The third-order valence-electron chi connectivity index (χ3n) is 6.94. The first-order valence-electron chi connectivity index (χ1n) is 12.2. The molecule has 34 heavy (non-hydrogen) atoms. The second-order valence-electron chi connectivity index (χ2n) is 9.28. The van der Waals surface area contributed by atoms with Crippen LogP contribution in [0.15, 0.2) is 97.1 Å². The number of hydrogen-bond acceptors (Lipinski definition) is 2. The van der Waals surface area contributed by atoms with Gasteiger partial charge in [-0.25, -0.2) is 0 Å². The average molecular weight is 449 g/mol. The van der Waals surface area contributed by atoms with Gasteiger partial charge in [0.15, 0.2) is 0 Å². The van der Waals surface area contributed by atoms with Crippen molar-refractivity contribution < 1.29 is 0 Å². The van der Waals surface area contributed by atoms with Crippen molar-refractivity contribution in [3.05, 3.63) is 142 Å². The Labute approximate surface area is 205 Å². The molecule has 4 aromatic carbocycles. The summed E-state index contributed by atoms with van der Waals surface area (Å²) >= 11 is 0. The number of nitrogens with one attached hydrogen (secondary N) is 2. The smallest absolute Gasteiger partial charge is 0.0521 e. The molecule has 0 saturated heterocycles. The molecule has 0 aliphatic heterocycles. The Morgan fingerprint density at radius 1 is 0.441 bits per heavy atom. The highest BCUT2D eigenvalue weighted by Gasteiger charge is 2.25. The minimum Gasteiger partial charge on any atom is -0.304 e. The predicted molar refractivity (Wildman–Crippen MR) is 144 cm³/mol. The molecular formula is C32H36N2. The molecule has 2 nitrogen and oxygen atoms in total. The highest BCUT2D eigenvalue weighted by molar-refractivity contribution is 5.36. The summed E-state index contributed by atoms with van der Waals surface area (Å²) in [5, 5.41) is 7.87. The topological polar surface area (TPSA) is 24.1 Å². The van der Waals surface area contributed by atoms with E-state index >= 15 is 0 Å². The Kier molecular flexibility index (Phi) is 7.95. The molecule has 0 fully saturated rings. The molecule has 0 amide bonds. The van der Waals surface area contributed by atoms with Crippen LogP contribution in [0, 0.1) is 27.7 Å². The van der Waals surface area contributed by atoms with Crippen LogP contribution in [-0.4, -0.2) is 0 Å². The van der Waals surface area contributed by atoms with Gasteiger partial charge < -0.3 is 10.6 Å². The summed E-state index contributed by atoms with van der Waals surface area (Å²) in [7, 11) is 0. The molecule has 0 aliphatic rings. The molecule has 174 valence electrons. The Hall–Kier alpha value is -3.20. The summed E-state index contributed by atoms with van der Waals surface area (Å²) < 4.78 is 0. The minimum atomic E-state index is 0.118. The molecule has 0 aromatic heterocycles. The zero-order valence-corrected chi connectivity index (χ0v) is 20.8. The van der Waals surface area contributed by atoms with E-state index in [1.54, 1.807) is 0 Å². The van der Waals surface area contributed by atoms with E-state index in [2.05, 4.69) is 135 Å². The van der Waals surface area contributed by atoms with Crippen LogP contribution in [0.5, 0.6) is 0 Å². The van der Waals surface area contributed by atoms with Crippen LogP contribution in [0.25, 0.3) is 0 Å². The van der Waals surface area contributed by atoms with Crippen LogP contribution in [0.3, 0.4) is 0 Å². The fourth-order valence-electron chi connectivity index (χ4n) is 4.86. The molecule has 2 atom stereocenters. The van der Waals surface area contributed by atoms with Gasteiger partial charge in [-0.2, -0.15) is 0 Å². The van der Waals surface area contributed by atoms with E-state index in [1.165, 1.54) is 44.5 Å². The van der Waals surface area contributed by atoms with Crippen LogP contribution in [0.1, 0.15) is 56.6 Å². The van der Waals surface area contributed by atoms with Crippen LogP contribution in [0.2, 0.25) is 0 Å². The first-order chi connectivity index (χ1) is 16.5. The SMILES string of the molecule is Cc1cccc(C)c1CN[C@@H](c1ccccc1)[C@@H](NCc1c(C)cccc1C)c1ccccc1. The maximum atomic E-state index is 3.94. The normalized spacial score (nSPS) is 12.9. The third-order valence-corrected chi connectivity index (χ3v) is 6.94. The van der Waals surface area contributed by atoms with E-state index in [4.69, 9.17) is 0 Å². The molecule has 4 rings (SSSR count). The number of rotatable bonds is 9. The van der Waals surface area contributed by atoms with Crippen molar-refractivity contribution in [2.75, 3.05) is 0 Å². The largest absolute Gasteiger partial charge is 0.304 e. The van der Waals surface area contributed by atoms with Crippen molar-refractivity contribution in [1.82, 2.24) is 10.6 Å². The predicted octanol–water partition coefficient (Wildman–Crippen LogP) is 7.28. The second kappa shape index (κ2) is 11.3. The van der Waals surface area contributed by atoms with Crippen LogP contribution in [0.4, 0.5) is 0 Å². The second-order valence-corrected chi connectivity index (χ2v) is 9.28. The lowest BCUT2D eigenvalue weighted by Gasteiger charge is -2.31. The number of benzene rings is 4. The lowest BCUT2D eigenvalue weighted by molar-refractivity contribution is 0.380. The molecule has 4 aromatic rings. The van der Waals surface area contributed by atoms with Crippen molar-refractivity contribution >= 4 is 0 Å². The van der Waals surface area contributed by atoms with Gasteiger partial charge in [-0.1, -0.05) is 97.1 Å². The van der Waals surface area contributed by atoms with Gasteiger partial charge in [-0.15, -0.1) is 0 Å². The summed E-state index contributed by atoms with van der Waals surface area (Å²) in [6.07, 6.45) is 0. The van der Waals surface area contributed by atoms with Gasteiger partial charge in [0, 0.05) is 13.1 Å². The van der Waals surface area contributed by atoms with E-state index < -0.39 is 0 Å². The molecule has 0 spiro atoms. The molecule has 2 heteroatoms. The zero-order chi connectivity index (χ0) is 23.9. The fourth-order valence-corrected chi connectivity index (χ4v) is 4.86. The van der Waals surface area contributed by atoms with Crippen molar-refractivity contribution in [3.63, 3.8) is 0 Å². The zero-order valence-electron chi connectivity index (χ0n) is 20.8. The summed E-state index contributed by atoms with van der Waals surface area (Å²) in [4.78, 5) is 0. The monoisotopic (exact) mass is 448 g/mol. The summed E-state index contributed by atoms with van der Waals surface area (Å²) in [6.45, 7) is 10.5. The molecule has 0 bridgehead atoms. The van der Waals surface area contributed by atoms with Crippen LogP contribution in [-0.2, 0) is 13.1 Å². The van der Waals surface area contributed by atoms with Gasteiger partial charge in [0.25, 0.3) is 0 Å². The van der Waals surface area contributed by atoms with Crippen molar-refractivity contribution in [1.29, 1.82) is 0 Å². The van der Waals surface area contributed by atoms with Gasteiger partial charge in [0.2, 0.25) is 0 Å². The standard InChI is InChI=1S/C32H36N2/c1-23-13-11-14-24(2)29(23)21-33-31(27-17-7-5-8-18-27)32(28-19-9-6-10-20-28)34-22-30-25(3)15-12-16-26(30)4/h5-20,31-34H,21-22H2,1-4H3/t31-,32-/m0/s1. The Bertz CT molecular complexity index is 1060. The van der Waals surface area contributed by atoms with Crippen molar-refractivity contribution in [2.45, 2.75) is 52.9 Å². The quantitative estimate of drug-likeness (QED) is 0.281. The Morgan fingerprint density at radius 2 is 0.765 bits per heavy atom. The molecule has 0 heterocycles. The van der Waals surface area contributed by atoms with Crippen molar-refractivity contribution in [3.8, 4) is 0 Å². The number of hydrogen-bond donors (Lipinski definition) is 2. The molecule has 0 aliphatic carbocycles. The Balaban J connectivity index is 1.69. The van der Waals surface area contributed by atoms with E-state index in [0.717, 1.165) is 13.1 Å². The van der Waals surface area contributed by atoms with E-state index in [-0.39, 0.29) is 12.1 Å². The van der Waals surface area contributed by atoms with E-state index in [1.807, 2.05) is 0 Å². The summed E-state index contributed by atoms with van der Waals surface area (Å²) in [5.41, 5.74) is 10.7. The molecule has 0 saturated carbocycles. The number of aryl methyl sites for hydroxylation is 4. The first kappa shape index (κ1) is 23.9. The lowest BCUT2D eigenvalue weighted by Crippen LogP contribution is -2.35. The fraction of sp³-hybridized carbons (Fsp3) is 0.250. The molecule has 0 radical (unpaired) electrons. The van der Waals surface area contributed by atoms with Crippen LogP contribution >= 0.6 is 0 Å². The highest BCUT2D eigenvalue weighted by atomic mass is 15.0. The Morgan fingerprint density at radius 3 is 1.09 bits per heavy atom. The van der Waals surface area contributed by atoms with E-state index in [0.29, 0.717) is 0 Å². The van der Waals surface area contributed by atoms with Gasteiger partial charge in [0.05, 0.1) is 12.1 Å². The molecule has 2 N–H and O–H groups in total. The highest BCUT2D eigenvalue weighted by Crippen LogP contribution is 2.31. The van der Waals surface area contributed by atoms with Crippen molar-refractivity contribution in [2.24, 2.45) is 0 Å². The van der Waals surface area contributed by atoms with Crippen LogP contribution < -0.4 is 10.6 Å². The summed E-state index contributed by atoms with van der Waals surface area (Å²) in [6, 6.07) is 35.0. The lowest BCUT2D eigenvalue weighted by atomic mass is 9.92. The maximum Gasteiger partial charge on any atom is 0.0521 e. The van der Waals surface area contributed by atoms with Gasteiger partial charge in [-0.05, 0) is 72.2 Å². The third kappa shape index (κ3) is 5.64. The van der Waals surface area contributed by atoms with Gasteiger partial charge in [-0.3, -0.25) is 0 Å². The van der Waals surface area contributed by atoms with Gasteiger partial charge >= 0.3 is 0 Å². The average Bonchev–Trinajstić information content (AvgIpc) is 2.85. The van der Waals surface area contributed by atoms with Gasteiger partial charge in [0.1, 0.15) is 0 Å². The van der Waals surface area contributed by atoms with E-state index in [9.17, 15) is 0 Å². The maximum absolute atomic E-state index is 3.94.